The molecule has 2 unspecified atom stereocenters. The molecule has 5 heteroatoms. The Balaban J connectivity index is 2.88. The van der Waals surface area contributed by atoms with Crippen LogP contribution in [0.25, 0.3) is 0 Å². The molecule has 3 nitrogen and oxygen atoms in total. The van der Waals surface area contributed by atoms with E-state index in [1.807, 2.05) is 0 Å². The van der Waals surface area contributed by atoms with E-state index in [4.69, 9.17) is 0 Å². The third-order valence-electron chi connectivity index (χ3n) is 1.63. The van der Waals surface area contributed by atoms with Crippen LogP contribution in [0.1, 0.15) is 11.7 Å². The van der Waals surface area contributed by atoms with Crippen molar-refractivity contribution in [3.63, 3.8) is 0 Å². The summed E-state index contributed by atoms with van der Waals surface area (Å²) in [6.07, 6.45) is -0.988. The molecule has 1 aromatic heterocycles. The number of hydrogen-bond donors (Lipinski definition) is 2. The Kier molecular flexibility index (Phi) is 3.77. The quantitative estimate of drug-likeness (QED) is 0.621. The Morgan fingerprint density at radius 2 is 2.23 bits per heavy atom. The number of nitrogens with zero attached hydrogens (tertiary/aromatic N) is 1. The van der Waals surface area contributed by atoms with E-state index in [2.05, 4.69) is 20.9 Å². The van der Waals surface area contributed by atoms with Crippen LogP contribution in [0.4, 0.5) is 4.39 Å². The average Bonchev–Trinajstić information content (AvgIpc) is 2.16. The number of halogens is 2. The highest BCUT2D eigenvalue weighted by Gasteiger charge is 2.20. The van der Waals surface area contributed by atoms with Crippen molar-refractivity contribution < 1.29 is 14.6 Å². The first kappa shape index (κ1) is 10.6. The highest BCUT2D eigenvalue weighted by atomic mass is 79.9. The highest BCUT2D eigenvalue weighted by Crippen LogP contribution is 2.19. The van der Waals surface area contributed by atoms with Crippen molar-refractivity contribution in [3.05, 3.63) is 29.8 Å². The molecule has 0 aliphatic heterocycles. The lowest BCUT2D eigenvalue weighted by atomic mass is 10.1. The van der Waals surface area contributed by atoms with Crippen LogP contribution in [0.15, 0.2) is 18.3 Å². The Bertz CT molecular complexity index is 285. The van der Waals surface area contributed by atoms with Gasteiger partial charge in [-0.1, -0.05) is 22.0 Å². The van der Waals surface area contributed by atoms with Gasteiger partial charge < -0.3 is 10.2 Å². The van der Waals surface area contributed by atoms with Gasteiger partial charge >= 0.3 is 0 Å². The van der Waals surface area contributed by atoms with Crippen LogP contribution in [0, 0.1) is 5.95 Å². The van der Waals surface area contributed by atoms with Crippen LogP contribution in [0.5, 0.6) is 0 Å². The second-order valence-electron chi connectivity index (χ2n) is 2.55. The normalized spacial score (nSPS) is 15.4. The molecule has 0 aliphatic rings. The van der Waals surface area contributed by atoms with Crippen molar-refractivity contribution in [1.82, 2.24) is 4.98 Å². The molecule has 1 rings (SSSR count). The van der Waals surface area contributed by atoms with Crippen LogP contribution in [-0.4, -0.2) is 26.6 Å². The van der Waals surface area contributed by atoms with E-state index >= 15 is 0 Å². The van der Waals surface area contributed by atoms with Crippen molar-refractivity contribution >= 4 is 15.9 Å². The van der Waals surface area contributed by atoms with Gasteiger partial charge in [0.05, 0.1) is 6.10 Å². The first-order valence-corrected chi connectivity index (χ1v) is 4.81. The van der Waals surface area contributed by atoms with Gasteiger partial charge in [-0.3, -0.25) is 0 Å². The SMILES string of the molecule is OC(CBr)C(O)c1cccnc1F. The van der Waals surface area contributed by atoms with Gasteiger partial charge in [0.25, 0.3) is 0 Å². The van der Waals surface area contributed by atoms with Gasteiger partial charge in [-0.25, -0.2) is 4.98 Å². The van der Waals surface area contributed by atoms with Gasteiger partial charge in [0.15, 0.2) is 0 Å². The summed E-state index contributed by atoms with van der Waals surface area (Å²) in [5.74, 6) is -0.755. The first-order chi connectivity index (χ1) is 6.16. The predicted molar refractivity (Wildman–Crippen MR) is 49.0 cm³/mol. The van der Waals surface area contributed by atoms with E-state index in [0.717, 1.165) is 0 Å². The Labute approximate surface area is 83.4 Å². The molecule has 0 saturated carbocycles. The van der Waals surface area contributed by atoms with Crippen molar-refractivity contribution in [1.29, 1.82) is 0 Å². The van der Waals surface area contributed by atoms with Crippen LogP contribution in [0.3, 0.4) is 0 Å². The van der Waals surface area contributed by atoms with Crippen molar-refractivity contribution in [2.75, 3.05) is 5.33 Å². The number of rotatable bonds is 3. The van der Waals surface area contributed by atoms with Gasteiger partial charge in [0.1, 0.15) is 6.10 Å². The lowest BCUT2D eigenvalue weighted by Crippen LogP contribution is -2.20. The van der Waals surface area contributed by atoms with E-state index in [9.17, 15) is 14.6 Å². The minimum Gasteiger partial charge on any atom is -0.389 e. The van der Waals surface area contributed by atoms with E-state index in [1.165, 1.54) is 18.3 Å². The molecule has 2 atom stereocenters. The standard InChI is InChI=1S/C8H9BrFNO2/c9-4-6(12)7(13)5-2-1-3-11-8(5)10/h1-3,6-7,12-13H,4H2. The summed E-state index contributed by atoms with van der Waals surface area (Å²) in [6.45, 7) is 0. The smallest absolute Gasteiger partial charge is 0.218 e. The minimum absolute atomic E-state index is 0.00875. The second kappa shape index (κ2) is 4.64. The summed E-state index contributed by atoms with van der Waals surface area (Å²) in [4.78, 5) is 3.36. The average molecular weight is 250 g/mol. The van der Waals surface area contributed by atoms with Crippen molar-refractivity contribution in [2.24, 2.45) is 0 Å². The lowest BCUT2D eigenvalue weighted by molar-refractivity contribution is 0.0315. The largest absolute Gasteiger partial charge is 0.389 e. The molecule has 0 aromatic carbocycles. The van der Waals surface area contributed by atoms with Gasteiger partial charge in [0.2, 0.25) is 5.95 Å². The maximum Gasteiger partial charge on any atom is 0.218 e. The maximum absolute atomic E-state index is 12.9. The second-order valence-corrected chi connectivity index (χ2v) is 3.20. The molecule has 0 fully saturated rings. The molecule has 0 radical (unpaired) electrons. The molecule has 1 heterocycles. The molecule has 72 valence electrons. The van der Waals surface area contributed by atoms with Crippen molar-refractivity contribution in [2.45, 2.75) is 12.2 Å². The molecule has 0 saturated heterocycles. The number of pyridine rings is 1. The van der Waals surface area contributed by atoms with E-state index in [0.29, 0.717) is 0 Å². The van der Waals surface area contributed by atoms with Crippen LogP contribution in [-0.2, 0) is 0 Å². The molecule has 13 heavy (non-hydrogen) atoms. The topological polar surface area (TPSA) is 53.4 Å². The summed E-state index contributed by atoms with van der Waals surface area (Å²) in [5, 5.41) is 18.8. The Morgan fingerprint density at radius 3 is 2.77 bits per heavy atom. The van der Waals surface area contributed by atoms with E-state index < -0.39 is 18.2 Å². The van der Waals surface area contributed by atoms with Crippen molar-refractivity contribution in [3.8, 4) is 0 Å². The first-order valence-electron chi connectivity index (χ1n) is 3.69. The minimum atomic E-state index is -1.24. The van der Waals surface area contributed by atoms with Crippen LogP contribution in [0.2, 0.25) is 0 Å². The number of alkyl halides is 1. The lowest BCUT2D eigenvalue weighted by Gasteiger charge is -2.15. The maximum atomic E-state index is 12.9. The predicted octanol–water partition coefficient (Wildman–Crippen LogP) is 1.01. The molecule has 0 spiro atoms. The molecular weight excluding hydrogens is 241 g/mol. The molecule has 0 aliphatic carbocycles. The fraction of sp³-hybridized carbons (Fsp3) is 0.375. The zero-order valence-electron chi connectivity index (χ0n) is 6.69. The molecule has 2 N–H and O–H groups in total. The third kappa shape index (κ3) is 2.46. The number of aliphatic hydroxyl groups excluding tert-OH is 2. The van der Waals surface area contributed by atoms with Crippen LogP contribution < -0.4 is 0 Å². The summed E-state index contributed by atoms with van der Waals surface area (Å²) in [7, 11) is 0. The zero-order valence-corrected chi connectivity index (χ0v) is 8.28. The summed E-state index contributed by atoms with van der Waals surface area (Å²) in [5.41, 5.74) is 0.00875. The molecule has 1 aromatic rings. The number of aromatic nitrogens is 1. The van der Waals surface area contributed by atoms with E-state index in [1.54, 1.807) is 0 Å². The fourth-order valence-electron chi connectivity index (χ4n) is 0.911. The summed E-state index contributed by atoms with van der Waals surface area (Å²) in [6, 6.07) is 2.89. The third-order valence-corrected chi connectivity index (χ3v) is 2.29. The fourth-order valence-corrected chi connectivity index (χ4v) is 1.26. The molecule has 0 amide bonds. The summed E-state index contributed by atoms with van der Waals surface area (Å²) >= 11 is 2.98. The Morgan fingerprint density at radius 1 is 1.54 bits per heavy atom. The zero-order chi connectivity index (χ0) is 9.84. The molecular formula is C8H9BrFNO2. The molecule has 0 bridgehead atoms. The Hall–Kier alpha value is -0.520. The van der Waals surface area contributed by atoms with Gasteiger partial charge in [-0.2, -0.15) is 4.39 Å². The van der Waals surface area contributed by atoms with Crippen LogP contribution >= 0.6 is 15.9 Å². The van der Waals surface area contributed by atoms with Gasteiger partial charge in [-0.15, -0.1) is 0 Å². The number of aliphatic hydroxyl groups is 2. The van der Waals surface area contributed by atoms with Gasteiger partial charge in [-0.05, 0) is 6.07 Å². The highest BCUT2D eigenvalue weighted by molar-refractivity contribution is 9.09. The summed E-state index contributed by atoms with van der Waals surface area (Å²) < 4.78 is 12.9. The monoisotopic (exact) mass is 249 g/mol. The number of hydrogen-bond acceptors (Lipinski definition) is 3. The van der Waals surface area contributed by atoms with E-state index in [-0.39, 0.29) is 10.9 Å². The van der Waals surface area contributed by atoms with Gasteiger partial charge in [0, 0.05) is 17.1 Å².